The van der Waals surface area contributed by atoms with Gasteiger partial charge in [0.05, 0.1) is 11.5 Å². The molecule has 0 aliphatic carbocycles. The minimum Gasteiger partial charge on any atom is -0.481 e. The van der Waals surface area contributed by atoms with E-state index in [0.717, 1.165) is 0 Å². The average Bonchev–Trinajstić information content (AvgIpc) is 2.22. The molecule has 4 N–H and O–H groups in total. The Hall–Kier alpha value is -2.02. The first-order valence-electron chi connectivity index (χ1n) is 4.53. The SMILES string of the molecule is NCC(C(=O)O)c1c(F)cc(C(=O)O)cc1F. The van der Waals surface area contributed by atoms with Crippen molar-refractivity contribution in [2.75, 3.05) is 6.54 Å². The summed E-state index contributed by atoms with van der Waals surface area (Å²) in [4.78, 5) is 21.2. The van der Waals surface area contributed by atoms with Gasteiger partial charge in [-0.05, 0) is 12.1 Å². The molecular formula is C10H9F2NO4. The fourth-order valence-corrected chi connectivity index (χ4v) is 1.38. The Labute approximate surface area is 94.5 Å². The van der Waals surface area contributed by atoms with Gasteiger partial charge >= 0.3 is 11.9 Å². The first kappa shape index (κ1) is 13.0. The number of carboxylic acids is 2. The fraction of sp³-hybridized carbons (Fsp3) is 0.200. The number of aliphatic carboxylic acids is 1. The molecule has 0 heterocycles. The maximum atomic E-state index is 13.4. The highest BCUT2D eigenvalue weighted by atomic mass is 19.1. The van der Waals surface area contributed by atoms with E-state index in [1.807, 2.05) is 0 Å². The predicted molar refractivity (Wildman–Crippen MR) is 52.7 cm³/mol. The van der Waals surface area contributed by atoms with Gasteiger partial charge in [0.1, 0.15) is 11.6 Å². The zero-order valence-corrected chi connectivity index (χ0v) is 8.48. The van der Waals surface area contributed by atoms with Gasteiger partial charge in [0, 0.05) is 12.1 Å². The molecule has 0 aliphatic heterocycles. The van der Waals surface area contributed by atoms with Crippen molar-refractivity contribution in [1.29, 1.82) is 0 Å². The summed E-state index contributed by atoms with van der Waals surface area (Å²) < 4.78 is 26.9. The van der Waals surface area contributed by atoms with E-state index in [0.29, 0.717) is 12.1 Å². The van der Waals surface area contributed by atoms with Crippen molar-refractivity contribution < 1.29 is 28.6 Å². The second-order valence-electron chi connectivity index (χ2n) is 3.29. The van der Waals surface area contributed by atoms with E-state index in [2.05, 4.69) is 0 Å². The lowest BCUT2D eigenvalue weighted by molar-refractivity contribution is -0.138. The molecule has 0 saturated heterocycles. The minimum absolute atomic E-state index is 0.490. The van der Waals surface area contributed by atoms with Crippen molar-refractivity contribution in [3.63, 3.8) is 0 Å². The number of benzene rings is 1. The van der Waals surface area contributed by atoms with Crippen molar-refractivity contribution in [1.82, 2.24) is 0 Å². The maximum absolute atomic E-state index is 13.4. The van der Waals surface area contributed by atoms with Crippen LogP contribution in [0.1, 0.15) is 21.8 Å². The van der Waals surface area contributed by atoms with Crippen LogP contribution in [0.5, 0.6) is 0 Å². The van der Waals surface area contributed by atoms with Gasteiger partial charge in [-0.15, -0.1) is 0 Å². The van der Waals surface area contributed by atoms with Crippen molar-refractivity contribution >= 4 is 11.9 Å². The van der Waals surface area contributed by atoms with Crippen LogP contribution in [0.25, 0.3) is 0 Å². The quantitative estimate of drug-likeness (QED) is 0.728. The van der Waals surface area contributed by atoms with E-state index >= 15 is 0 Å². The summed E-state index contributed by atoms with van der Waals surface area (Å²) in [5, 5.41) is 17.3. The molecule has 5 nitrogen and oxygen atoms in total. The molecule has 0 fully saturated rings. The number of carbonyl (C=O) groups is 2. The highest BCUT2D eigenvalue weighted by Gasteiger charge is 2.26. The lowest BCUT2D eigenvalue weighted by Gasteiger charge is -2.12. The summed E-state index contributed by atoms with van der Waals surface area (Å²) in [6.45, 7) is -0.490. The second kappa shape index (κ2) is 4.88. The van der Waals surface area contributed by atoms with Crippen LogP contribution in [0.3, 0.4) is 0 Å². The van der Waals surface area contributed by atoms with Gasteiger partial charge in [0.2, 0.25) is 0 Å². The lowest BCUT2D eigenvalue weighted by atomic mass is 9.96. The predicted octanol–water partition coefficient (Wildman–Crippen LogP) is 0.790. The molecule has 0 aromatic heterocycles. The lowest BCUT2D eigenvalue weighted by Crippen LogP contribution is -2.23. The average molecular weight is 245 g/mol. The normalized spacial score (nSPS) is 12.2. The number of hydrogen-bond donors (Lipinski definition) is 3. The van der Waals surface area contributed by atoms with Crippen molar-refractivity contribution in [3.8, 4) is 0 Å². The molecule has 1 unspecified atom stereocenters. The third-order valence-corrected chi connectivity index (χ3v) is 2.21. The number of aromatic carboxylic acids is 1. The molecule has 0 aliphatic rings. The highest BCUT2D eigenvalue weighted by Crippen LogP contribution is 2.24. The Kier molecular flexibility index (Phi) is 3.74. The van der Waals surface area contributed by atoms with Crippen molar-refractivity contribution in [2.24, 2.45) is 5.73 Å². The van der Waals surface area contributed by atoms with E-state index in [4.69, 9.17) is 15.9 Å². The molecule has 0 saturated carbocycles. The summed E-state index contributed by atoms with van der Waals surface area (Å²) in [6, 6.07) is 1.12. The molecule has 1 atom stereocenters. The summed E-state index contributed by atoms with van der Waals surface area (Å²) in [5.41, 5.74) is 3.79. The number of nitrogens with two attached hydrogens (primary N) is 1. The molecule has 1 rings (SSSR count). The van der Waals surface area contributed by atoms with Crippen LogP contribution in [0.15, 0.2) is 12.1 Å². The smallest absolute Gasteiger partial charge is 0.335 e. The van der Waals surface area contributed by atoms with Gasteiger partial charge in [-0.25, -0.2) is 13.6 Å². The van der Waals surface area contributed by atoms with Crippen LogP contribution in [-0.4, -0.2) is 28.7 Å². The molecule has 0 spiro atoms. The second-order valence-corrected chi connectivity index (χ2v) is 3.29. The zero-order chi connectivity index (χ0) is 13.2. The van der Waals surface area contributed by atoms with E-state index in [9.17, 15) is 18.4 Å². The van der Waals surface area contributed by atoms with Crippen molar-refractivity contribution in [3.05, 3.63) is 34.9 Å². The molecule has 1 aromatic carbocycles. The third-order valence-electron chi connectivity index (χ3n) is 2.21. The summed E-state index contributed by atoms with van der Waals surface area (Å²) in [6.07, 6.45) is 0. The van der Waals surface area contributed by atoms with E-state index in [1.165, 1.54) is 0 Å². The van der Waals surface area contributed by atoms with E-state index < -0.39 is 47.2 Å². The molecule has 0 bridgehead atoms. The van der Waals surface area contributed by atoms with Crippen LogP contribution in [0, 0.1) is 11.6 Å². The number of halogens is 2. The summed E-state index contributed by atoms with van der Waals surface area (Å²) >= 11 is 0. The highest BCUT2D eigenvalue weighted by molar-refractivity contribution is 5.88. The number of rotatable bonds is 4. The fourth-order valence-electron chi connectivity index (χ4n) is 1.38. The number of hydrogen-bond acceptors (Lipinski definition) is 3. The Morgan fingerprint density at radius 1 is 1.24 bits per heavy atom. The van der Waals surface area contributed by atoms with E-state index in [-0.39, 0.29) is 0 Å². The topological polar surface area (TPSA) is 101 Å². The zero-order valence-electron chi connectivity index (χ0n) is 8.48. The Balaban J connectivity index is 3.35. The third kappa shape index (κ3) is 2.56. The van der Waals surface area contributed by atoms with Crippen LogP contribution < -0.4 is 5.73 Å². The van der Waals surface area contributed by atoms with Gasteiger partial charge < -0.3 is 15.9 Å². The summed E-state index contributed by atoms with van der Waals surface area (Å²) in [7, 11) is 0. The van der Waals surface area contributed by atoms with Gasteiger partial charge in [-0.1, -0.05) is 0 Å². The molecule has 92 valence electrons. The Morgan fingerprint density at radius 3 is 2.00 bits per heavy atom. The Bertz CT molecular complexity index is 452. The van der Waals surface area contributed by atoms with Gasteiger partial charge in [-0.2, -0.15) is 0 Å². The largest absolute Gasteiger partial charge is 0.481 e. The van der Waals surface area contributed by atoms with Crippen LogP contribution >= 0.6 is 0 Å². The van der Waals surface area contributed by atoms with Crippen LogP contribution in [0.4, 0.5) is 8.78 Å². The molecule has 7 heteroatoms. The molecule has 0 radical (unpaired) electrons. The van der Waals surface area contributed by atoms with Crippen molar-refractivity contribution in [2.45, 2.75) is 5.92 Å². The van der Waals surface area contributed by atoms with Crippen LogP contribution in [0.2, 0.25) is 0 Å². The molecular weight excluding hydrogens is 236 g/mol. The van der Waals surface area contributed by atoms with Gasteiger partial charge in [0.15, 0.2) is 0 Å². The van der Waals surface area contributed by atoms with Crippen LogP contribution in [-0.2, 0) is 4.79 Å². The molecule has 1 aromatic rings. The number of carboxylic acid groups (broad SMARTS) is 2. The minimum atomic E-state index is -1.54. The van der Waals surface area contributed by atoms with E-state index in [1.54, 1.807) is 0 Å². The molecule has 0 amide bonds. The Morgan fingerprint density at radius 2 is 1.71 bits per heavy atom. The first-order valence-corrected chi connectivity index (χ1v) is 4.53. The van der Waals surface area contributed by atoms with Gasteiger partial charge in [0.25, 0.3) is 0 Å². The maximum Gasteiger partial charge on any atom is 0.335 e. The van der Waals surface area contributed by atoms with Gasteiger partial charge in [-0.3, -0.25) is 4.79 Å². The molecule has 17 heavy (non-hydrogen) atoms. The first-order chi connectivity index (χ1) is 7.88. The standard InChI is InChI=1S/C10H9F2NO4/c11-6-1-4(9(14)15)2-7(12)8(6)5(3-13)10(16)17/h1-2,5H,3,13H2,(H,14,15)(H,16,17). The monoisotopic (exact) mass is 245 g/mol. The summed E-state index contributed by atoms with van der Waals surface area (Å²) in [5.74, 6) is -7.00.